The van der Waals surface area contributed by atoms with E-state index in [9.17, 15) is 24.3 Å². The molecular formula is C32H50N4O5. The molecule has 1 aliphatic rings. The molecule has 9 heteroatoms. The number of hydrogen-bond donors (Lipinski definition) is 2. The molecule has 1 aromatic carbocycles. The van der Waals surface area contributed by atoms with E-state index in [0.717, 1.165) is 11.1 Å². The van der Waals surface area contributed by atoms with Crippen LogP contribution >= 0.6 is 0 Å². The molecule has 1 aliphatic heterocycles. The van der Waals surface area contributed by atoms with E-state index in [0.29, 0.717) is 31.4 Å². The van der Waals surface area contributed by atoms with Gasteiger partial charge in [0.05, 0.1) is 12.1 Å². The number of hydrogen-bond acceptors (Lipinski definition) is 5. The van der Waals surface area contributed by atoms with Gasteiger partial charge in [0, 0.05) is 19.2 Å². The molecule has 0 aliphatic carbocycles. The fraction of sp³-hybridized carbons (Fsp3) is 0.625. The van der Waals surface area contributed by atoms with E-state index in [1.165, 1.54) is 4.90 Å². The lowest BCUT2D eigenvalue weighted by Crippen LogP contribution is -2.59. The van der Waals surface area contributed by atoms with Gasteiger partial charge < -0.3 is 20.2 Å². The molecule has 1 saturated heterocycles. The molecule has 0 aromatic heterocycles. The Morgan fingerprint density at radius 1 is 1.12 bits per heavy atom. The van der Waals surface area contributed by atoms with Gasteiger partial charge in [-0.15, -0.1) is 0 Å². The first-order valence-corrected chi connectivity index (χ1v) is 14.5. The van der Waals surface area contributed by atoms with Gasteiger partial charge in [-0.3, -0.25) is 19.3 Å². The van der Waals surface area contributed by atoms with Gasteiger partial charge in [-0.25, -0.2) is 4.79 Å². The predicted molar refractivity (Wildman–Crippen MR) is 161 cm³/mol. The molecule has 4 atom stereocenters. The number of carbonyl (C=O) groups is 4. The summed E-state index contributed by atoms with van der Waals surface area (Å²) < 4.78 is 0. The van der Waals surface area contributed by atoms with Crippen LogP contribution in [0.25, 0.3) is 0 Å². The van der Waals surface area contributed by atoms with Crippen molar-refractivity contribution in [2.75, 3.05) is 27.7 Å². The van der Waals surface area contributed by atoms with E-state index in [1.807, 2.05) is 84.8 Å². The van der Waals surface area contributed by atoms with Crippen molar-refractivity contribution in [3.05, 3.63) is 47.0 Å². The van der Waals surface area contributed by atoms with Crippen molar-refractivity contribution in [1.29, 1.82) is 0 Å². The summed E-state index contributed by atoms with van der Waals surface area (Å²) >= 11 is 0. The van der Waals surface area contributed by atoms with Crippen LogP contribution in [-0.4, -0.2) is 95.4 Å². The maximum absolute atomic E-state index is 14.0. The van der Waals surface area contributed by atoms with Crippen LogP contribution in [-0.2, 0) is 25.6 Å². The number of amides is 3. The van der Waals surface area contributed by atoms with Gasteiger partial charge in [-0.05, 0) is 69.7 Å². The summed E-state index contributed by atoms with van der Waals surface area (Å²) in [6.07, 6.45) is 3.35. The minimum atomic E-state index is -1.00. The van der Waals surface area contributed by atoms with E-state index >= 15 is 0 Å². The molecule has 2 N–H and O–H groups in total. The molecular weight excluding hydrogens is 520 g/mol. The zero-order valence-electron chi connectivity index (χ0n) is 26.5. The smallest absolute Gasteiger partial charge is 0.326 e. The van der Waals surface area contributed by atoms with Crippen molar-refractivity contribution in [2.45, 2.75) is 91.9 Å². The summed E-state index contributed by atoms with van der Waals surface area (Å²) in [5, 5.41) is 12.6. The third-order valence-corrected chi connectivity index (χ3v) is 8.03. The van der Waals surface area contributed by atoms with Crippen molar-refractivity contribution >= 4 is 23.7 Å². The molecule has 2 rings (SSSR count). The SMILES string of the molecule is C/C(=C\[C@H](C(C)C)N(C)C(=O)[C@@H](NC(=O)[C@H](Cc1ccccc1C)N(C)C)C(C)(C)C)C(=O)N1CCC[C@H]1C(=O)O. The highest BCUT2D eigenvalue weighted by atomic mass is 16.4. The van der Waals surface area contributed by atoms with E-state index < -0.39 is 35.6 Å². The molecule has 0 radical (unpaired) electrons. The third-order valence-electron chi connectivity index (χ3n) is 8.03. The summed E-state index contributed by atoms with van der Waals surface area (Å²) in [6, 6.07) is 5.43. The summed E-state index contributed by atoms with van der Waals surface area (Å²) in [7, 11) is 5.41. The second-order valence-corrected chi connectivity index (χ2v) is 12.9. The second-order valence-electron chi connectivity index (χ2n) is 12.9. The molecule has 0 bridgehead atoms. The topological polar surface area (TPSA) is 110 Å². The molecule has 9 nitrogen and oxygen atoms in total. The van der Waals surface area contributed by atoms with Gasteiger partial charge in [0.15, 0.2) is 0 Å². The molecule has 0 spiro atoms. The number of aliphatic carboxylic acids is 1. The van der Waals surface area contributed by atoms with Crippen LogP contribution in [0.3, 0.4) is 0 Å². The fourth-order valence-corrected chi connectivity index (χ4v) is 5.37. The van der Waals surface area contributed by atoms with Crippen molar-refractivity contribution in [1.82, 2.24) is 20.0 Å². The van der Waals surface area contributed by atoms with Crippen LogP contribution in [0.5, 0.6) is 0 Å². The average molecular weight is 571 g/mol. The van der Waals surface area contributed by atoms with Crippen LogP contribution in [0.15, 0.2) is 35.9 Å². The number of aryl methyl sites for hydroxylation is 1. The second kappa shape index (κ2) is 14.1. The molecule has 1 fully saturated rings. The minimum absolute atomic E-state index is 0.0348. The Kier molecular flexibility index (Phi) is 11.7. The van der Waals surface area contributed by atoms with Crippen LogP contribution in [0.4, 0.5) is 0 Å². The van der Waals surface area contributed by atoms with Crippen LogP contribution in [0, 0.1) is 18.3 Å². The van der Waals surface area contributed by atoms with Gasteiger partial charge in [0.25, 0.3) is 0 Å². The quantitative estimate of drug-likeness (QED) is 0.394. The Hall–Kier alpha value is -3.20. The largest absolute Gasteiger partial charge is 0.480 e. The fourth-order valence-electron chi connectivity index (χ4n) is 5.37. The zero-order chi connectivity index (χ0) is 31.2. The first kappa shape index (κ1) is 34.0. The number of carboxylic acids is 1. The van der Waals surface area contributed by atoms with Crippen LogP contribution in [0.1, 0.15) is 65.5 Å². The number of likely N-dealkylation sites (N-methyl/N-ethyl adjacent to an activating group) is 2. The van der Waals surface area contributed by atoms with Crippen LogP contribution < -0.4 is 5.32 Å². The normalized spacial score (nSPS) is 18.3. The van der Waals surface area contributed by atoms with Gasteiger partial charge in [0.2, 0.25) is 17.7 Å². The molecule has 3 amide bonds. The number of likely N-dealkylation sites (tertiary alicyclic amines) is 1. The first-order chi connectivity index (χ1) is 19.0. The number of carboxylic acid groups (broad SMARTS) is 1. The third kappa shape index (κ3) is 8.64. The lowest BCUT2D eigenvalue weighted by molar-refractivity contribution is -0.146. The van der Waals surface area contributed by atoms with Gasteiger partial charge in [-0.2, -0.15) is 0 Å². The molecule has 0 saturated carbocycles. The maximum Gasteiger partial charge on any atom is 0.326 e. The highest BCUT2D eigenvalue weighted by molar-refractivity contribution is 5.96. The van der Waals surface area contributed by atoms with Crippen molar-refractivity contribution in [3.63, 3.8) is 0 Å². The standard InChI is InChI=1S/C32H50N4O5/c1-20(2)25(18-22(4)29(38)36-17-13-16-24(36)31(40)41)35(10)30(39)27(32(5,6)7)33-28(37)26(34(8)9)19-23-15-12-11-14-21(23)3/h11-12,14-15,18,20,24-27H,13,16-17,19H2,1-10H3,(H,33,37)(H,40,41)/b22-18+/t24-,25+,26-,27+/m0/s1. The molecule has 1 heterocycles. The van der Waals surface area contributed by atoms with Crippen molar-refractivity contribution in [3.8, 4) is 0 Å². The average Bonchev–Trinajstić information content (AvgIpc) is 3.37. The van der Waals surface area contributed by atoms with Crippen molar-refractivity contribution < 1.29 is 24.3 Å². The molecule has 1 aromatic rings. The van der Waals surface area contributed by atoms with E-state index in [2.05, 4.69) is 5.32 Å². The monoisotopic (exact) mass is 570 g/mol. The van der Waals surface area contributed by atoms with Crippen molar-refractivity contribution in [2.24, 2.45) is 11.3 Å². The summed E-state index contributed by atoms with van der Waals surface area (Å²) in [5.41, 5.74) is 2.00. The molecule has 41 heavy (non-hydrogen) atoms. The zero-order valence-corrected chi connectivity index (χ0v) is 26.5. The Morgan fingerprint density at radius 2 is 1.73 bits per heavy atom. The minimum Gasteiger partial charge on any atom is -0.480 e. The lowest BCUT2D eigenvalue weighted by atomic mass is 9.84. The number of benzene rings is 1. The Balaban J connectivity index is 2.31. The Bertz CT molecular complexity index is 1140. The summed E-state index contributed by atoms with van der Waals surface area (Å²) in [5.74, 6) is -1.84. The number of carbonyl (C=O) groups excluding carboxylic acids is 3. The van der Waals surface area contributed by atoms with E-state index in [1.54, 1.807) is 24.9 Å². The predicted octanol–water partition coefficient (Wildman–Crippen LogP) is 3.50. The highest BCUT2D eigenvalue weighted by Gasteiger charge is 2.39. The summed E-state index contributed by atoms with van der Waals surface area (Å²) in [4.78, 5) is 57.4. The van der Waals surface area contributed by atoms with Gasteiger partial charge in [0.1, 0.15) is 12.1 Å². The number of nitrogens with zero attached hydrogens (tertiary/aromatic N) is 3. The number of rotatable bonds is 11. The Morgan fingerprint density at radius 3 is 2.24 bits per heavy atom. The molecule has 0 unspecified atom stereocenters. The Labute approximate surface area is 245 Å². The number of nitrogens with one attached hydrogen (secondary N) is 1. The summed E-state index contributed by atoms with van der Waals surface area (Å²) in [6.45, 7) is 13.8. The van der Waals surface area contributed by atoms with Gasteiger partial charge >= 0.3 is 5.97 Å². The van der Waals surface area contributed by atoms with Gasteiger partial charge in [-0.1, -0.05) is 65.0 Å². The van der Waals surface area contributed by atoms with E-state index in [-0.39, 0.29) is 23.6 Å². The first-order valence-electron chi connectivity index (χ1n) is 14.5. The van der Waals surface area contributed by atoms with Crippen LogP contribution in [0.2, 0.25) is 0 Å². The maximum atomic E-state index is 14.0. The lowest BCUT2D eigenvalue weighted by Gasteiger charge is -2.38. The molecule has 228 valence electrons. The highest BCUT2D eigenvalue weighted by Crippen LogP contribution is 2.25. The van der Waals surface area contributed by atoms with E-state index in [4.69, 9.17) is 0 Å².